The molecule has 0 aliphatic rings. The average Bonchev–Trinajstić information content (AvgIpc) is 2.54. The van der Waals surface area contributed by atoms with Gasteiger partial charge in [0.05, 0.1) is 5.39 Å². The molecule has 0 spiro atoms. The summed E-state index contributed by atoms with van der Waals surface area (Å²) in [6, 6.07) is 8.71. The van der Waals surface area contributed by atoms with Crippen LogP contribution >= 0.6 is 0 Å². The lowest BCUT2D eigenvalue weighted by atomic mass is 10.1. The van der Waals surface area contributed by atoms with Crippen LogP contribution in [0.2, 0.25) is 0 Å². The highest BCUT2D eigenvalue weighted by atomic mass is 19.1. The van der Waals surface area contributed by atoms with Crippen LogP contribution in [0.15, 0.2) is 47.4 Å². The lowest BCUT2D eigenvalue weighted by molar-refractivity contribution is 0.0947. The number of aromatic amines is 1. The minimum Gasteiger partial charge on any atom is -0.506 e. The van der Waals surface area contributed by atoms with Gasteiger partial charge in [0, 0.05) is 12.7 Å². The zero-order valence-corrected chi connectivity index (χ0v) is 11.8. The molecule has 0 saturated carbocycles. The van der Waals surface area contributed by atoms with Crippen molar-refractivity contribution in [2.24, 2.45) is 0 Å². The van der Waals surface area contributed by atoms with Crippen molar-refractivity contribution in [3.63, 3.8) is 0 Å². The predicted octanol–water partition coefficient (Wildman–Crippen LogP) is 1.70. The van der Waals surface area contributed by atoms with Crippen molar-refractivity contribution in [2.75, 3.05) is 0 Å². The molecule has 1 amide bonds. The van der Waals surface area contributed by atoms with Crippen molar-refractivity contribution < 1.29 is 14.3 Å². The molecule has 6 nitrogen and oxygen atoms in total. The van der Waals surface area contributed by atoms with Gasteiger partial charge in [0.1, 0.15) is 22.8 Å². The summed E-state index contributed by atoms with van der Waals surface area (Å²) >= 11 is 0. The molecule has 116 valence electrons. The summed E-state index contributed by atoms with van der Waals surface area (Å²) in [6.45, 7) is 0.100. The highest BCUT2D eigenvalue weighted by molar-refractivity contribution is 6.01. The molecule has 3 aromatic rings. The van der Waals surface area contributed by atoms with E-state index in [9.17, 15) is 19.1 Å². The largest absolute Gasteiger partial charge is 0.506 e. The van der Waals surface area contributed by atoms with E-state index >= 15 is 0 Å². The maximum atomic E-state index is 12.8. The number of fused-ring (bicyclic) bond motifs is 1. The Bertz CT molecular complexity index is 935. The van der Waals surface area contributed by atoms with Crippen molar-refractivity contribution in [1.82, 2.24) is 15.3 Å². The highest BCUT2D eigenvalue weighted by Crippen LogP contribution is 2.23. The Morgan fingerprint density at radius 3 is 2.74 bits per heavy atom. The highest BCUT2D eigenvalue weighted by Gasteiger charge is 2.19. The lowest BCUT2D eigenvalue weighted by Crippen LogP contribution is -2.29. The molecule has 0 fully saturated rings. The molecular formula is C16H12FN3O3. The number of nitrogens with one attached hydrogen (secondary N) is 2. The zero-order chi connectivity index (χ0) is 16.4. The zero-order valence-electron chi connectivity index (χ0n) is 11.8. The van der Waals surface area contributed by atoms with Crippen LogP contribution < -0.4 is 10.9 Å². The van der Waals surface area contributed by atoms with Gasteiger partial charge in [0.15, 0.2) is 0 Å². The second-order valence-corrected chi connectivity index (χ2v) is 4.89. The first-order chi connectivity index (χ1) is 11.1. The number of carbonyl (C=O) groups excluding carboxylic acids is 1. The quantitative estimate of drug-likeness (QED) is 0.686. The van der Waals surface area contributed by atoms with Crippen LogP contribution in [0.5, 0.6) is 5.75 Å². The molecule has 0 saturated heterocycles. The third kappa shape index (κ3) is 2.89. The number of H-pyrrole nitrogens is 1. The molecular weight excluding hydrogens is 301 g/mol. The molecule has 3 N–H and O–H groups in total. The maximum Gasteiger partial charge on any atom is 0.266 e. The summed E-state index contributed by atoms with van der Waals surface area (Å²) < 4.78 is 12.8. The Labute approximate surface area is 129 Å². The van der Waals surface area contributed by atoms with E-state index in [1.807, 2.05) is 0 Å². The SMILES string of the molecule is O=C(NCc1ccc(F)cc1)c1c(O)c2cccnc2[nH]c1=O. The fourth-order valence-corrected chi connectivity index (χ4v) is 2.19. The van der Waals surface area contributed by atoms with Crippen molar-refractivity contribution >= 4 is 16.9 Å². The van der Waals surface area contributed by atoms with E-state index in [2.05, 4.69) is 15.3 Å². The summed E-state index contributed by atoms with van der Waals surface area (Å²) in [5, 5.41) is 13.0. The fraction of sp³-hybridized carbons (Fsp3) is 0.0625. The molecule has 0 bridgehead atoms. The third-order valence-electron chi connectivity index (χ3n) is 3.35. The number of pyridine rings is 2. The van der Waals surface area contributed by atoms with Crippen LogP contribution in [0, 0.1) is 5.82 Å². The van der Waals surface area contributed by atoms with Crippen LogP contribution in [0.4, 0.5) is 4.39 Å². The summed E-state index contributed by atoms with van der Waals surface area (Å²) in [4.78, 5) is 30.5. The second kappa shape index (κ2) is 5.88. The van der Waals surface area contributed by atoms with E-state index in [4.69, 9.17) is 0 Å². The number of aromatic nitrogens is 2. The van der Waals surface area contributed by atoms with Crippen molar-refractivity contribution in [2.45, 2.75) is 6.54 Å². The predicted molar refractivity (Wildman–Crippen MR) is 81.6 cm³/mol. The maximum absolute atomic E-state index is 12.8. The summed E-state index contributed by atoms with van der Waals surface area (Å²) in [7, 11) is 0. The smallest absolute Gasteiger partial charge is 0.266 e. The van der Waals surface area contributed by atoms with Crippen molar-refractivity contribution in [3.05, 3.63) is 69.9 Å². The number of hydrogen-bond donors (Lipinski definition) is 3. The molecule has 1 aromatic carbocycles. The first-order valence-corrected chi connectivity index (χ1v) is 6.79. The topological polar surface area (TPSA) is 95.1 Å². The van der Waals surface area contributed by atoms with Gasteiger partial charge in [0.25, 0.3) is 11.5 Å². The number of nitrogens with zero attached hydrogens (tertiary/aromatic N) is 1. The number of hydrogen-bond acceptors (Lipinski definition) is 4. The van der Waals surface area contributed by atoms with Crippen LogP contribution in [0.25, 0.3) is 11.0 Å². The van der Waals surface area contributed by atoms with Crippen LogP contribution in [0.3, 0.4) is 0 Å². The van der Waals surface area contributed by atoms with Crippen LogP contribution in [-0.4, -0.2) is 21.0 Å². The molecule has 23 heavy (non-hydrogen) atoms. The number of halogens is 1. The van der Waals surface area contributed by atoms with E-state index in [0.717, 1.165) is 0 Å². The summed E-state index contributed by atoms with van der Waals surface area (Å²) in [5.74, 6) is -1.52. The minimum absolute atomic E-state index is 0.100. The number of benzene rings is 1. The summed E-state index contributed by atoms with van der Waals surface area (Å²) in [5.41, 5.74) is -0.249. The molecule has 0 aliphatic heterocycles. The molecule has 0 aliphatic carbocycles. The average molecular weight is 313 g/mol. The van der Waals surface area contributed by atoms with Gasteiger partial charge >= 0.3 is 0 Å². The van der Waals surface area contributed by atoms with E-state index in [1.54, 1.807) is 12.1 Å². The number of aromatic hydroxyl groups is 1. The third-order valence-corrected chi connectivity index (χ3v) is 3.35. The van der Waals surface area contributed by atoms with Crippen molar-refractivity contribution in [1.29, 1.82) is 0 Å². The summed E-state index contributed by atoms with van der Waals surface area (Å²) in [6.07, 6.45) is 1.46. The van der Waals surface area contributed by atoms with Crippen LogP contribution in [0.1, 0.15) is 15.9 Å². The first-order valence-electron chi connectivity index (χ1n) is 6.79. The monoisotopic (exact) mass is 313 g/mol. The molecule has 2 aromatic heterocycles. The van der Waals surface area contributed by atoms with E-state index in [0.29, 0.717) is 5.56 Å². The lowest BCUT2D eigenvalue weighted by Gasteiger charge is -2.08. The number of carbonyl (C=O) groups is 1. The first kappa shape index (κ1) is 14.7. The van der Waals surface area contributed by atoms with Gasteiger partial charge in [-0.1, -0.05) is 12.1 Å². The Kier molecular flexibility index (Phi) is 3.76. The van der Waals surface area contributed by atoms with Crippen molar-refractivity contribution in [3.8, 4) is 5.75 Å². The van der Waals surface area contributed by atoms with Gasteiger partial charge in [-0.3, -0.25) is 9.59 Å². The molecule has 7 heteroatoms. The molecule has 2 heterocycles. The standard InChI is InChI=1S/C16H12FN3O3/c17-10-5-3-9(4-6-10)8-19-15(22)12-13(21)11-2-1-7-18-14(11)20-16(12)23/h1-7H,8H2,(H,19,22)(H2,18,20,21,23). The fourth-order valence-electron chi connectivity index (χ4n) is 2.19. The van der Waals surface area contributed by atoms with Gasteiger partial charge in [-0.2, -0.15) is 0 Å². The van der Waals surface area contributed by atoms with E-state index < -0.39 is 17.2 Å². The molecule has 0 unspecified atom stereocenters. The minimum atomic E-state index is -0.731. The number of rotatable bonds is 3. The van der Waals surface area contributed by atoms with Crippen LogP contribution in [-0.2, 0) is 6.54 Å². The Morgan fingerprint density at radius 2 is 2.00 bits per heavy atom. The Hall–Kier alpha value is -3.22. The Morgan fingerprint density at radius 1 is 1.26 bits per heavy atom. The Balaban J connectivity index is 1.89. The van der Waals surface area contributed by atoms with E-state index in [-0.39, 0.29) is 29.0 Å². The molecule has 3 rings (SSSR count). The van der Waals surface area contributed by atoms with Gasteiger partial charge in [0.2, 0.25) is 0 Å². The van der Waals surface area contributed by atoms with Gasteiger partial charge in [-0.25, -0.2) is 9.37 Å². The van der Waals surface area contributed by atoms with Gasteiger partial charge in [-0.05, 0) is 29.8 Å². The van der Waals surface area contributed by atoms with Gasteiger partial charge < -0.3 is 15.4 Å². The molecule has 0 radical (unpaired) electrons. The second-order valence-electron chi connectivity index (χ2n) is 4.89. The van der Waals surface area contributed by atoms with E-state index in [1.165, 1.54) is 30.5 Å². The number of amides is 1. The molecule has 0 atom stereocenters. The van der Waals surface area contributed by atoms with Gasteiger partial charge in [-0.15, -0.1) is 0 Å². The normalized spacial score (nSPS) is 10.7.